The summed E-state index contributed by atoms with van der Waals surface area (Å²) in [6, 6.07) is -0.371. The monoisotopic (exact) mass is 301 g/mol. The molecule has 21 heavy (non-hydrogen) atoms. The number of carbonyl (C=O) groups is 2. The molecule has 1 fully saturated rings. The van der Waals surface area contributed by atoms with E-state index in [4.69, 9.17) is 9.47 Å². The van der Waals surface area contributed by atoms with Crippen molar-refractivity contribution in [1.82, 2.24) is 5.32 Å². The molecule has 6 heteroatoms. The number of carbonyl (C=O) groups excluding carboxylic acids is 2. The Kier molecular flexibility index (Phi) is 7.11. The van der Waals surface area contributed by atoms with Crippen molar-refractivity contribution in [2.45, 2.75) is 57.7 Å². The number of ether oxygens (including phenoxy) is 2. The summed E-state index contributed by atoms with van der Waals surface area (Å²) in [5.41, 5.74) is 0. The van der Waals surface area contributed by atoms with Crippen molar-refractivity contribution < 1.29 is 24.2 Å². The van der Waals surface area contributed by atoms with Crippen LogP contribution in [0.4, 0.5) is 0 Å². The highest BCUT2D eigenvalue weighted by Gasteiger charge is 2.50. The Hall–Kier alpha value is -1.14. The molecule has 1 saturated heterocycles. The minimum absolute atomic E-state index is 0.185. The first-order valence-corrected chi connectivity index (χ1v) is 7.61. The molecule has 1 rings (SSSR count). The summed E-state index contributed by atoms with van der Waals surface area (Å²) in [7, 11) is 2.59. The Morgan fingerprint density at radius 3 is 1.62 bits per heavy atom. The summed E-state index contributed by atoms with van der Waals surface area (Å²) in [5.74, 6) is -2.46. The van der Waals surface area contributed by atoms with E-state index >= 15 is 0 Å². The fourth-order valence-corrected chi connectivity index (χ4v) is 3.21. The molecule has 0 bridgehead atoms. The van der Waals surface area contributed by atoms with Crippen LogP contribution < -0.4 is 5.32 Å². The van der Waals surface area contributed by atoms with E-state index in [0.717, 1.165) is 25.7 Å². The Bertz CT molecular complexity index is 328. The normalized spacial score (nSPS) is 32.5. The van der Waals surface area contributed by atoms with Gasteiger partial charge >= 0.3 is 11.9 Å². The van der Waals surface area contributed by atoms with Gasteiger partial charge in [0.2, 0.25) is 0 Å². The van der Waals surface area contributed by atoms with Crippen LogP contribution in [0.5, 0.6) is 0 Å². The number of piperidine rings is 1. The van der Waals surface area contributed by atoms with Crippen LogP contribution >= 0.6 is 0 Å². The molecule has 0 saturated carbocycles. The Morgan fingerprint density at radius 1 is 0.952 bits per heavy atom. The second kappa shape index (κ2) is 8.34. The van der Waals surface area contributed by atoms with Gasteiger partial charge in [0.25, 0.3) is 0 Å². The van der Waals surface area contributed by atoms with Crippen LogP contribution in [-0.2, 0) is 19.1 Å². The van der Waals surface area contributed by atoms with Crippen LogP contribution in [0.25, 0.3) is 0 Å². The number of hydrogen-bond acceptors (Lipinski definition) is 6. The predicted octanol–water partition coefficient (Wildman–Crippen LogP) is 0.866. The molecule has 4 unspecified atom stereocenters. The van der Waals surface area contributed by atoms with Gasteiger partial charge in [0.15, 0.2) is 0 Å². The maximum Gasteiger partial charge on any atom is 0.312 e. The van der Waals surface area contributed by atoms with Crippen LogP contribution in [0.15, 0.2) is 0 Å². The highest BCUT2D eigenvalue weighted by atomic mass is 16.5. The number of aliphatic hydroxyl groups excluding tert-OH is 1. The largest absolute Gasteiger partial charge is 0.469 e. The predicted molar refractivity (Wildman–Crippen MR) is 77.5 cm³/mol. The maximum atomic E-state index is 12.0. The Labute approximate surface area is 126 Å². The van der Waals surface area contributed by atoms with Gasteiger partial charge in [-0.25, -0.2) is 0 Å². The molecule has 122 valence electrons. The van der Waals surface area contributed by atoms with Gasteiger partial charge in [-0.15, -0.1) is 0 Å². The van der Waals surface area contributed by atoms with Gasteiger partial charge in [0.1, 0.15) is 0 Å². The first-order valence-electron chi connectivity index (χ1n) is 7.61. The number of aliphatic hydroxyl groups is 1. The fraction of sp³-hybridized carbons (Fsp3) is 0.867. The van der Waals surface area contributed by atoms with Crippen LogP contribution in [0.3, 0.4) is 0 Å². The molecular weight excluding hydrogens is 274 g/mol. The summed E-state index contributed by atoms with van der Waals surface area (Å²) >= 11 is 0. The highest BCUT2D eigenvalue weighted by Crippen LogP contribution is 2.32. The van der Waals surface area contributed by atoms with Crippen molar-refractivity contribution in [2.24, 2.45) is 11.8 Å². The molecule has 4 atom stereocenters. The van der Waals surface area contributed by atoms with Gasteiger partial charge in [-0.3, -0.25) is 9.59 Å². The van der Waals surface area contributed by atoms with Crippen molar-refractivity contribution in [3.63, 3.8) is 0 Å². The molecule has 6 nitrogen and oxygen atoms in total. The number of methoxy groups -OCH3 is 2. The van der Waals surface area contributed by atoms with E-state index in [2.05, 4.69) is 5.32 Å². The van der Waals surface area contributed by atoms with E-state index in [1.807, 2.05) is 13.8 Å². The van der Waals surface area contributed by atoms with Gasteiger partial charge in [-0.1, -0.05) is 26.7 Å². The van der Waals surface area contributed by atoms with Crippen molar-refractivity contribution >= 4 is 11.9 Å². The summed E-state index contributed by atoms with van der Waals surface area (Å²) in [6.07, 6.45) is 2.15. The number of rotatable bonds is 6. The van der Waals surface area contributed by atoms with Crippen LogP contribution in [0.2, 0.25) is 0 Å². The first-order chi connectivity index (χ1) is 10.0. The van der Waals surface area contributed by atoms with Crippen molar-refractivity contribution in [1.29, 1.82) is 0 Å². The molecular formula is C15H27NO5. The third-order valence-corrected chi connectivity index (χ3v) is 4.18. The number of hydrogen-bond donors (Lipinski definition) is 2. The van der Waals surface area contributed by atoms with E-state index in [-0.39, 0.29) is 12.1 Å². The minimum Gasteiger partial charge on any atom is -0.469 e. The smallest absolute Gasteiger partial charge is 0.312 e. The third-order valence-electron chi connectivity index (χ3n) is 4.18. The van der Waals surface area contributed by atoms with E-state index < -0.39 is 29.9 Å². The molecule has 0 aromatic carbocycles. The molecule has 2 N–H and O–H groups in total. The first kappa shape index (κ1) is 17.9. The average molecular weight is 301 g/mol. The van der Waals surface area contributed by atoms with Crippen molar-refractivity contribution in [2.75, 3.05) is 14.2 Å². The standard InChI is InChI=1S/C15H27NO5/c1-5-7-9-11(14(18)20-3)13(17)12(15(19)21-4)10(16-9)8-6-2/h9-13,16-17H,5-8H2,1-4H3. The van der Waals surface area contributed by atoms with Crippen LogP contribution in [0.1, 0.15) is 39.5 Å². The zero-order valence-electron chi connectivity index (χ0n) is 13.3. The topological polar surface area (TPSA) is 84.9 Å². The zero-order chi connectivity index (χ0) is 16.0. The molecule has 0 amide bonds. The van der Waals surface area contributed by atoms with E-state index in [0.29, 0.717) is 0 Å². The second-order valence-corrected chi connectivity index (χ2v) is 5.55. The van der Waals surface area contributed by atoms with Gasteiger partial charge in [-0.2, -0.15) is 0 Å². The Balaban J connectivity index is 3.07. The number of nitrogens with one attached hydrogen (secondary N) is 1. The molecule has 0 aromatic rings. The lowest BCUT2D eigenvalue weighted by Gasteiger charge is -2.43. The van der Waals surface area contributed by atoms with E-state index in [9.17, 15) is 14.7 Å². The highest BCUT2D eigenvalue weighted by molar-refractivity contribution is 5.79. The Morgan fingerprint density at radius 2 is 1.33 bits per heavy atom. The van der Waals surface area contributed by atoms with Gasteiger partial charge in [0.05, 0.1) is 32.2 Å². The average Bonchev–Trinajstić information content (AvgIpc) is 2.46. The number of esters is 2. The molecule has 0 radical (unpaired) electrons. The summed E-state index contributed by atoms with van der Waals surface area (Å²) in [5, 5.41) is 13.9. The lowest BCUT2D eigenvalue weighted by Crippen LogP contribution is -2.63. The summed E-state index contributed by atoms with van der Waals surface area (Å²) < 4.78 is 9.61. The third kappa shape index (κ3) is 3.95. The second-order valence-electron chi connectivity index (χ2n) is 5.55. The fourth-order valence-electron chi connectivity index (χ4n) is 3.21. The van der Waals surface area contributed by atoms with Crippen molar-refractivity contribution in [3.8, 4) is 0 Å². The molecule has 1 aliphatic heterocycles. The molecule has 1 aliphatic rings. The lowest BCUT2D eigenvalue weighted by molar-refractivity contribution is -0.166. The lowest BCUT2D eigenvalue weighted by atomic mass is 9.75. The van der Waals surface area contributed by atoms with Gasteiger partial charge in [0, 0.05) is 12.1 Å². The van der Waals surface area contributed by atoms with Crippen LogP contribution in [-0.4, -0.2) is 49.5 Å². The maximum absolute atomic E-state index is 12.0. The van der Waals surface area contributed by atoms with Gasteiger partial charge < -0.3 is 19.9 Å². The van der Waals surface area contributed by atoms with E-state index in [1.165, 1.54) is 14.2 Å². The quantitative estimate of drug-likeness (QED) is 0.708. The molecule has 1 heterocycles. The molecule has 0 spiro atoms. The van der Waals surface area contributed by atoms with Crippen molar-refractivity contribution in [3.05, 3.63) is 0 Å². The van der Waals surface area contributed by atoms with Gasteiger partial charge in [-0.05, 0) is 12.8 Å². The minimum atomic E-state index is -1.08. The molecule has 0 aromatic heterocycles. The summed E-state index contributed by atoms with van der Waals surface area (Å²) in [4.78, 5) is 24.0. The summed E-state index contributed by atoms with van der Waals surface area (Å²) in [6.45, 7) is 4.03. The molecule has 0 aliphatic carbocycles. The van der Waals surface area contributed by atoms with E-state index in [1.54, 1.807) is 0 Å². The van der Waals surface area contributed by atoms with Crippen LogP contribution in [0, 0.1) is 11.8 Å². The zero-order valence-corrected chi connectivity index (χ0v) is 13.3. The SMILES string of the molecule is CCCC1NC(CCC)C(C(=O)OC)C(O)C1C(=O)OC.